The number of ether oxygens (including phenoxy) is 1. The van der Waals surface area contributed by atoms with Crippen LogP contribution in [0.5, 0.6) is 5.88 Å². The summed E-state index contributed by atoms with van der Waals surface area (Å²) < 4.78 is 10.0. The molecule has 1 aromatic carbocycles. The third-order valence-corrected chi connectivity index (χ3v) is 5.68. The number of aryl methyl sites for hydroxylation is 2. The van der Waals surface area contributed by atoms with Gasteiger partial charge in [0.05, 0.1) is 29.3 Å². The van der Waals surface area contributed by atoms with Gasteiger partial charge in [0.1, 0.15) is 11.6 Å². The number of pyridine rings is 1. The molecule has 3 aromatic heterocycles. The molecule has 1 fully saturated rings. The first-order valence-corrected chi connectivity index (χ1v) is 9.67. The molecule has 0 spiro atoms. The second kappa shape index (κ2) is 6.58. The highest BCUT2D eigenvalue weighted by atomic mass is 16.5. The molecule has 2 atom stereocenters. The Hall–Kier alpha value is -3.42. The van der Waals surface area contributed by atoms with Crippen molar-refractivity contribution in [2.75, 3.05) is 6.54 Å². The number of fused-ring (bicyclic) bond motifs is 2. The summed E-state index contributed by atoms with van der Waals surface area (Å²) in [5.41, 5.74) is 4.48. The van der Waals surface area contributed by atoms with Gasteiger partial charge in [-0.25, -0.2) is 9.97 Å². The normalized spacial score (nSPS) is 17.8. The van der Waals surface area contributed by atoms with Crippen LogP contribution in [0.2, 0.25) is 0 Å². The largest absolute Gasteiger partial charge is 0.473 e. The Morgan fingerprint density at radius 3 is 2.93 bits per heavy atom. The van der Waals surface area contributed by atoms with E-state index in [4.69, 9.17) is 9.72 Å². The van der Waals surface area contributed by atoms with Gasteiger partial charge in [0.25, 0.3) is 0 Å². The lowest BCUT2D eigenvalue weighted by atomic mass is 10.0. The Morgan fingerprint density at radius 1 is 1.28 bits per heavy atom. The number of nitrogens with zero attached hydrogens (tertiary/aromatic N) is 5. The van der Waals surface area contributed by atoms with Gasteiger partial charge in [-0.1, -0.05) is 12.1 Å². The quantitative estimate of drug-likeness (QED) is 0.578. The molecule has 5 rings (SSSR count). The number of imidazole rings is 1. The molecule has 1 aliphatic rings. The highest BCUT2D eigenvalue weighted by molar-refractivity contribution is 5.88. The number of nitrogens with one attached hydrogen (secondary N) is 1. The van der Waals surface area contributed by atoms with Gasteiger partial charge >= 0.3 is 0 Å². The van der Waals surface area contributed by atoms with E-state index in [-0.39, 0.29) is 17.9 Å². The molecule has 8 heteroatoms. The van der Waals surface area contributed by atoms with Crippen LogP contribution in [0.4, 0.5) is 0 Å². The molecule has 1 aliphatic heterocycles. The van der Waals surface area contributed by atoms with Gasteiger partial charge in [-0.2, -0.15) is 5.10 Å². The molecular weight excluding hydrogens is 368 g/mol. The maximum Gasteiger partial charge on any atom is 0.241 e. The molecule has 1 unspecified atom stereocenters. The Morgan fingerprint density at radius 2 is 2.14 bits per heavy atom. The third kappa shape index (κ3) is 3.00. The van der Waals surface area contributed by atoms with Crippen LogP contribution in [-0.4, -0.2) is 42.9 Å². The van der Waals surface area contributed by atoms with Crippen LogP contribution in [0.25, 0.3) is 33.2 Å². The molecule has 0 aliphatic carbocycles. The van der Waals surface area contributed by atoms with E-state index in [0.29, 0.717) is 18.8 Å². The molecule has 29 heavy (non-hydrogen) atoms. The average molecular weight is 390 g/mol. The minimum atomic E-state index is -0.144. The average Bonchev–Trinajstić information content (AvgIpc) is 3.41. The Labute approximate surface area is 167 Å². The van der Waals surface area contributed by atoms with E-state index < -0.39 is 0 Å². The minimum Gasteiger partial charge on any atom is -0.473 e. The fourth-order valence-corrected chi connectivity index (χ4v) is 3.90. The lowest BCUT2D eigenvalue weighted by Crippen LogP contribution is -2.26. The number of carbonyl (C=O) groups excluding carboxylic acids is 1. The van der Waals surface area contributed by atoms with Crippen molar-refractivity contribution in [3.63, 3.8) is 0 Å². The highest BCUT2D eigenvalue weighted by Gasteiger charge is 2.29. The summed E-state index contributed by atoms with van der Waals surface area (Å²) in [6.07, 6.45) is 3.95. The van der Waals surface area contributed by atoms with E-state index in [1.807, 2.05) is 54.7 Å². The van der Waals surface area contributed by atoms with Gasteiger partial charge in [0.2, 0.25) is 11.8 Å². The predicted octanol–water partition coefficient (Wildman–Crippen LogP) is 2.43. The summed E-state index contributed by atoms with van der Waals surface area (Å²) in [7, 11) is 3.85. The van der Waals surface area contributed by atoms with E-state index in [1.165, 1.54) is 0 Å². The highest BCUT2D eigenvalue weighted by Crippen LogP contribution is 2.31. The zero-order valence-electron chi connectivity index (χ0n) is 16.6. The standard InChI is InChI=1S/C21H22N6O2/c1-12(15-7-19(28)22-9-15)29-21-20-17(23-11-26(20)2)8-16(25-21)13-4-5-14-10-24-27(3)18(14)6-13/h4-6,8,10-12,15H,7,9H2,1-3H3,(H,22,28)/t12?,15-/m1/s1. The van der Waals surface area contributed by atoms with Crippen molar-refractivity contribution in [2.45, 2.75) is 19.4 Å². The number of hydrogen-bond donors (Lipinski definition) is 1. The van der Waals surface area contributed by atoms with E-state index in [9.17, 15) is 4.79 Å². The Bertz CT molecular complexity index is 1240. The summed E-state index contributed by atoms with van der Waals surface area (Å²) in [6.45, 7) is 2.62. The molecule has 0 saturated carbocycles. The number of aromatic nitrogens is 5. The van der Waals surface area contributed by atoms with Gasteiger partial charge < -0.3 is 14.6 Å². The van der Waals surface area contributed by atoms with Crippen LogP contribution >= 0.6 is 0 Å². The van der Waals surface area contributed by atoms with Gasteiger partial charge in [-0.3, -0.25) is 9.48 Å². The smallest absolute Gasteiger partial charge is 0.241 e. The van der Waals surface area contributed by atoms with Crippen LogP contribution < -0.4 is 10.1 Å². The summed E-state index contributed by atoms with van der Waals surface area (Å²) in [5, 5.41) is 8.27. The van der Waals surface area contributed by atoms with E-state index >= 15 is 0 Å². The topological polar surface area (TPSA) is 86.9 Å². The number of rotatable bonds is 4. The number of benzene rings is 1. The van der Waals surface area contributed by atoms with Crippen molar-refractivity contribution in [3.8, 4) is 17.1 Å². The minimum absolute atomic E-state index is 0.0716. The molecular formula is C21H22N6O2. The van der Waals surface area contributed by atoms with Crippen LogP contribution in [0.3, 0.4) is 0 Å². The SMILES string of the molecule is CC(Oc1nc(-c2ccc3cnn(C)c3c2)cc2ncn(C)c12)[C@H]1CNC(=O)C1. The molecule has 0 radical (unpaired) electrons. The lowest BCUT2D eigenvalue weighted by molar-refractivity contribution is -0.119. The molecule has 0 bridgehead atoms. The second-order valence-electron chi connectivity index (χ2n) is 7.67. The van der Waals surface area contributed by atoms with Crippen molar-refractivity contribution in [2.24, 2.45) is 20.0 Å². The van der Waals surface area contributed by atoms with Crippen LogP contribution in [0.1, 0.15) is 13.3 Å². The Balaban J connectivity index is 1.58. The monoisotopic (exact) mass is 390 g/mol. The second-order valence-corrected chi connectivity index (χ2v) is 7.67. The van der Waals surface area contributed by atoms with E-state index in [2.05, 4.69) is 21.5 Å². The zero-order chi connectivity index (χ0) is 20.1. The Kier molecular flexibility index (Phi) is 4.01. The van der Waals surface area contributed by atoms with E-state index in [1.54, 1.807) is 6.33 Å². The van der Waals surface area contributed by atoms with Gasteiger partial charge in [-0.15, -0.1) is 0 Å². The van der Waals surface area contributed by atoms with E-state index in [0.717, 1.165) is 33.2 Å². The maximum absolute atomic E-state index is 11.6. The number of amides is 1. The van der Waals surface area contributed by atoms with Crippen molar-refractivity contribution < 1.29 is 9.53 Å². The van der Waals surface area contributed by atoms with Crippen LogP contribution in [0.15, 0.2) is 36.8 Å². The van der Waals surface area contributed by atoms with Gasteiger partial charge in [0.15, 0.2) is 0 Å². The van der Waals surface area contributed by atoms with Crippen molar-refractivity contribution >= 4 is 27.8 Å². The molecule has 1 saturated heterocycles. The van der Waals surface area contributed by atoms with Crippen molar-refractivity contribution in [1.82, 2.24) is 29.6 Å². The zero-order valence-corrected chi connectivity index (χ0v) is 16.6. The maximum atomic E-state index is 11.6. The third-order valence-electron chi connectivity index (χ3n) is 5.68. The molecule has 4 heterocycles. The van der Waals surface area contributed by atoms with Gasteiger partial charge in [0, 0.05) is 43.9 Å². The van der Waals surface area contributed by atoms with Crippen LogP contribution in [0, 0.1) is 5.92 Å². The molecule has 1 amide bonds. The number of hydrogen-bond acceptors (Lipinski definition) is 5. The molecule has 1 N–H and O–H groups in total. The predicted molar refractivity (Wildman–Crippen MR) is 109 cm³/mol. The van der Waals surface area contributed by atoms with Crippen molar-refractivity contribution in [1.29, 1.82) is 0 Å². The molecule has 4 aromatic rings. The van der Waals surface area contributed by atoms with Gasteiger partial charge in [-0.05, 0) is 19.1 Å². The summed E-state index contributed by atoms with van der Waals surface area (Å²) in [6, 6.07) is 8.13. The lowest BCUT2D eigenvalue weighted by Gasteiger charge is -2.20. The van der Waals surface area contributed by atoms with Crippen molar-refractivity contribution in [3.05, 3.63) is 36.8 Å². The molecule has 148 valence electrons. The summed E-state index contributed by atoms with van der Waals surface area (Å²) in [4.78, 5) is 20.9. The summed E-state index contributed by atoms with van der Waals surface area (Å²) >= 11 is 0. The first-order chi connectivity index (χ1) is 14.0. The van der Waals surface area contributed by atoms with Crippen LogP contribution in [-0.2, 0) is 18.9 Å². The fraction of sp³-hybridized carbons (Fsp3) is 0.333. The number of carbonyl (C=O) groups is 1. The summed E-state index contributed by atoms with van der Waals surface area (Å²) in [5.74, 6) is 0.735. The molecule has 8 nitrogen and oxygen atoms in total. The fourth-order valence-electron chi connectivity index (χ4n) is 3.90. The first-order valence-electron chi connectivity index (χ1n) is 9.67. The first kappa shape index (κ1) is 17.7.